The second-order valence-corrected chi connectivity index (χ2v) is 5.93. The monoisotopic (exact) mass is 367 g/mol. The lowest BCUT2D eigenvalue weighted by atomic mass is 10.2. The molecule has 21 heavy (non-hydrogen) atoms. The van der Waals surface area contributed by atoms with Gasteiger partial charge in [0.05, 0.1) is 0 Å². The Morgan fingerprint density at radius 3 is 2.52 bits per heavy atom. The highest BCUT2D eigenvalue weighted by Crippen LogP contribution is 2.12. The zero-order valence-corrected chi connectivity index (χ0v) is 13.9. The lowest BCUT2D eigenvalue weighted by Crippen LogP contribution is -2.36. The summed E-state index contributed by atoms with van der Waals surface area (Å²) in [7, 11) is 1.76. The van der Waals surface area contributed by atoms with Crippen LogP contribution in [-0.4, -0.2) is 23.0 Å². The molecule has 4 nitrogen and oxygen atoms in total. The van der Waals surface area contributed by atoms with Crippen molar-refractivity contribution in [1.29, 1.82) is 0 Å². The molecule has 2 rings (SSSR count). The number of urea groups is 1. The van der Waals surface area contributed by atoms with Crippen LogP contribution >= 0.6 is 27.5 Å². The summed E-state index contributed by atoms with van der Waals surface area (Å²) in [5, 5.41) is 3.29. The fraction of sp³-hybridized carbons (Fsp3) is 0.200. The second-order valence-electron chi connectivity index (χ2n) is 4.63. The number of rotatable bonds is 4. The van der Waals surface area contributed by atoms with E-state index in [-0.39, 0.29) is 6.03 Å². The number of hydrogen-bond acceptors (Lipinski definition) is 2. The molecule has 2 amide bonds. The van der Waals surface area contributed by atoms with Gasteiger partial charge >= 0.3 is 6.03 Å². The summed E-state index contributed by atoms with van der Waals surface area (Å²) in [5.74, 6) is 0. The van der Waals surface area contributed by atoms with Crippen LogP contribution in [0, 0.1) is 0 Å². The van der Waals surface area contributed by atoms with Gasteiger partial charge in [0.2, 0.25) is 0 Å². The molecule has 1 heterocycles. The highest BCUT2D eigenvalue weighted by molar-refractivity contribution is 9.10. The molecule has 0 aliphatic heterocycles. The van der Waals surface area contributed by atoms with Crippen LogP contribution < -0.4 is 5.32 Å². The van der Waals surface area contributed by atoms with Crippen molar-refractivity contribution in [3.8, 4) is 0 Å². The van der Waals surface area contributed by atoms with Crippen molar-refractivity contribution in [2.45, 2.75) is 13.1 Å². The summed E-state index contributed by atoms with van der Waals surface area (Å²) >= 11 is 9.10. The number of aromatic nitrogens is 1. The number of carbonyl (C=O) groups is 1. The van der Waals surface area contributed by atoms with Gasteiger partial charge in [0.15, 0.2) is 0 Å². The first-order valence-electron chi connectivity index (χ1n) is 6.38. The Labute approximate surface area is 137 Å². The van der Waals surface area contributed by atoms with Crippen LogP contribution in [0.4, 0.5) is 4.79 Å². The Kier molecular flexibility index (Phi) is 5.59. The van der Waals surface area contributed by atoms with Crippen molar-refractivity contribution >= 4 is 33.6 Å². The second kappa shape index (κ2) is 7.43. The van der Waals surface area contributed by atoms with Crippen molar-refractivity contribution in [2.24, 2.45) is 0 Å². The maximum absolute atomic E-state index is 12.0. The van der Waals surface area contributed by atoms with Crippen LogP contribution in [0.3, 0.4) is 0 Å². The summed E-state index contributed by atoms with van der Waals surface area (Å²) in [4.78, 5) is 17.6. The topological polar surface area (TPSA) is 45.2 Å². The van der Waals surface area contributed by atoms with E-state index in [1.165, 1.54) is 0 Å². The number of nitrogens with one attached hydrogen (secondary N) is 1. The van der Waals surface area contributed by atoms with Gasteiger partial charge in [0.1, 0.15) is 5.15 Å². The third kappa shape index (κ3) is 5.02. The van der Waals surface area contributed by atoms with Gasteiger partial charge in [-0.3, -0.25) is 0 Å². The molecule has 0 fully saturated rings. The molecule has 6 heteroatoms. The molecule has 0 bridgehead atoms. The number of hydrogen-bond donors (Lipinski definition) is 1. The molecule has 0 spiro atoms. The van der Waals surface area contributed by atoms with Crippen molar-refractivity contribution in [1.82, 2.24) is 15.2 Å². The van der Waals surface area contributed by atoms with Gasteiger partial charge < -0.3 is 10.2 Å². The third-order valence-corrected chi connectivity index (χ3v) is 3.66. The fourth-order valence-electron chi connectivity index (χ4n) is 1.76. The molecule has 0 radical (unpaired) electrons. The molecule has 0 aliphatic rings. The number of nitrogens with zero attached hydrogens (tertiary/aromatic N) is 2. The normalized spacial score (nSPS) is 10.2. The number of pyridine rings is 1. The molecule has 110 valence electrons. The number of benzene rings is 1. The van der Waals surface area contributed by atoms with E-state index in [4.69, 9.17) is 11.6 Å². The molecule has 0 saturated carbocycles. The minimum atomic E-state index is -0.132. The SMILES string of the molecule is CN(Cc1ccc(Br)cc1)C(=O)NCc1ccc(Cl)nc1. The standard InChI is InChI=1S/C15H15BrClN3O/c1-20(10-11-2-5-13(16)6-3-11)15(21)19-9-12-4-7-14(17)18-8-12/h2-8H,9-10H2,1H3,(H,19,21). The number of carbonyl (C=O) groups excluding carboxylic acids is 1. The quantitative estimate of drug-likeness (QED) is 0.833. The molecule has 0 unspecified atom stereocenters. The molecule has 0 aliphatic carbocycles. The van der Waals surface area contributed by atoms with Crippen LogP contribution in [-0.2, 0) is 13.1 Å². The molecule has 2 aromatic rings. The molecule has 1 aromatic carbocycles. The van der Waals surface area contributed by atoms with Crippen LogP contribution in [0.25, 0.3) is 0 Å². The van der Waals surface area contributed by atoms with Crippen molar-refractivity contribution in [2.75, 3.05) is 7.05 Å². The number of halogens is 2. The molecule has 0 saturated heterocycles. The highest BCUT2D eigenvalue weighted by Gasteiger charge is 2.08. The van der Waals surface area contributed by atoms with Crippen LogP contribution in [0.5, 0.6) is 0 Å². The summed E-state index contributed by atoms with van der Waals surface area (Å²) in [5.41, 5.74) is 1.98. The fourth-order valence-corrected chi connectivity index (χ4v) is 2.14. The van der Waals surface area contributed by atoms with Gasteiger partial charge in [-0.05, 0) is 29.3 Å². The van der Waals surface area contributed by atoms with E-state index in [0.29, 0.717) is 18.2 Å². The van der Waals surface area contributed by atoms with Crippen molar-refractivity contribution < 1.29 is 4.79 Å². The van der Waals surface area contributed by atoms with E-state index in [1.54, 1.807) is 24.2 Å². The van der Waals surface area contributed by atoms with E-state index in [1.807, 2.05) is 30.3 Å². The minimum Gasteiger partial charge on any atom is -0.334 e. The van der Waals surface area contributed by atoms with E-state index >= 15 is 0 Å². The lowest BCUT2D eigenvalue weighted by Gasteiger charge is -2.18. The van der Waals surface area contributed by atoms with Gasteiger partial charge in [0.25, 0.3) is 0 Å². The Bertz CT molecular complexity index is 601. The maximum atomic E-state index is 12.0. The first-order valence-corrected chi connectivity index (χ1v) is 7.55. The van der Waals surface area contributed by atoms with Crippen molar-refractivity contribution in [3.63, 3.8) is 0 Å². The Balaban J connectivity index is 1.84. The molecular formula is C15H15BrClN3O. The number of amides is 2. The Morgan fingerprint density at radius 2 is 1.90 bits per heavy atom. The first kappa shape index (κ1) is 15.8. The van der Waals surface area contributed by atoms with Crippen molar-refractivity contribution in [3.05, 3.63) is 63.3 Å². The average molecular weight is 369 g/mol. The van der Waals surface area contributed by atoms with E-state index in [9.17, 15) is 4.79 Å². The van der Waals surface area contributed by atoms with E-state index in [2.05, 4.69) is 26.2 Å². The first-order chi connectivity index (χ1) is 10.0. The van der Waals surface area contributed by atoms with E-state index in [0.717, 1.165) is 15.6 Å². The van der Waals surface area contributed by atoms with Crippen LogP contribution in [0.15, 0.2) is 47.1 Å². The summed E-state index contributed by atoms with van der Waals surface area (Å²) < 4.78 is 1.02. The Hall–Kier alpha value is -1.59. The summed E-state index contributed by atoms with van der Waals surface area (Å²) in [6.07, 6.45) is 1.65. The third-order valence-electron chi connectivity index (χ3n) is 2.91. The van der Waals surface area contributed by atoms with Gasteiger partial charge in [-0.15, -0.1) is 0 Å². The summed E-state index contributed by atoms with van der Waals surface area (Å²) in [6.45, 7) is 0.978. The van der Waals surface area contributed by atoms with Crippen LogP contribution in [0.2, 0.25) is 5.15 Å². The summed E-state index contributed by atoms with van der Waals surface area (Å²) in [6, 6.07) is 11.3. The molecule has 1 aromatic heterocycles. The smallest absolute Gasteiger partial charge is 0.317 e. The van der Waals surface area contributed by atoms with Gasteiger partial charge in [-0.1, -0.05) is 45.7 Å². The van der Waals surface area contributed by atoms with Gasteiger partial charge in [-0.2, -0.15) is 0 Å². The van der Waals surface area contributed by atoms with Gasteiger partial charge in [-0.25, -0.2) is 9.78 Å². The zero-order valence-electron chi connectivity index (χ0n) is 11.5. The molecular weight excluding hydrogens is 354 g/mol. The predicted octanol–water partition coefficient (Wildman–Crippen LogP) is 3.84. The van der Waals surface area contributed by atoms with Gasteiger partial charge in [0, 0.05) is 30.8 Å². The Morgan fingerprint density at radius 1 is 1.24 bits per heavy atom. The maximum Gasteiger partial charge on any atom is 0.317 e. The molecule has 1 N–H and O–H groups in total. The predicted molar refractivity (Wildman–Crippen MR) is 87.1 cm³/mol. The minimum absolute atomic E-state index is 0.132. The van der Waals surface area contributed by atoms with E-state index < -0.39 is 0 Å². The largest absolute Gasteiger partial charge is 0.334 e. The van der Waals surface area contributed by atoms with Crippen LogP contribution in [0.1, 0.15) is 11.1 Å². The lowest BCUT2D eigenvalue weighted by molar-refractivity contribution is 0.206. The molecule has 0 atom stereocenters. The zero-order chi connectivity index (χ0) is 15.2. The average Bonchev–Trinajstić information content (AvgIpc) is 2.48. The highest BCUT2D eigenvalue weighted by atomic mass is 79.9.